The predicted molar refractivity (Wildman–Crippen MR) is 73.5 cm³/mol. The number of nitrogens with one attached hydrogen (secondary N) is 2. The maximum atomic E-state index is 12.1. The van der Waals surface area contributed by atoms with Crippen molar-refractivity contribution in [3.05, 3.63) is 21.9 Å². The van der Waals surface area contributed by atoms with Gasteiger partial charge in [0.1, 0.15) is 16.9 Å². The molecule has 1 fully saturated rings. The first kappa shape index (κ1) is 14.2. The summed E-state index contributed by atoms with van der Waals surface area (Å²) >= 11 is 11.8. The summed E-state index contributed by atoms with van der Waals surface area (Å²) < 4.78 is 1.49. The van der Waals surface area contributed by atoms with Crippen molar-refractivity contribution in [1.29, 1.82) is 0 Å². The zero-order valence-electron chi connectivity index (χ0n) is 10.5. The van der Waals surface area contributed by atoms with Crippen molar-refractivity contribution in [2.45, 2.75) is 25.3 Å². The summed E-state index contributed by atoms with van der Waals surface area (Å²) in [5.74, 6) is -0.490. The highest BCUT2D eigenvalue weighted by atomic mass is 35.5. The second-order valence-electron chi connectivity index (χ2n) is 4.54. The van der Waals surface area contributed by atoms with Gasteiger partial charge in [0.05, 0.1) is 5.02 Å². The van der Waals surface area contributed by atoms with Gasteiger partial charge in [0, 0.05) is 13.6 Å². The lowest BCUT2D eigenvalue weighted by molar-refractivity contribution is -0.122. The van der Waals surface area contributed by atoms with Gasteiger partial charge in [0.2, 0.25) is 5.91 Å². The summed E-state index contributed by atoms with van der Waals surface area (Å²) in [6, 6.07) is 0.996. The van der Waals surface area contributed by atoms with Gasteiger partial charge >= 0.3 is 0 Å². The number of halogens is 2. The van der Waals surface area contributed by atoms with Crippen molar-refractivity contribution < 1.29 is 9.59 Å². The van der Waals surface area contributed by atoms with Crippen molar-refractivity contribution in [3.8, 4) is 0 Å². The molecule has 2 heterocycles. The SMILES string of the molecule is Cn1c(C(=O)NC2CCCCNC2=O)cc(Cl)c1Cl. The summed E-state index contributed by atoms with van der Waals surface area (Å²) in [6.45, 7) is 0.660. The first-order chi connectivity index (χ1) is 9.00. The first-order valence-electron chi connectivity index (χ1n) is 6.10. The van der Waals surface area contributed by atoms with E-state index in [1.807, 2.05) is 0 Å². The third kappa shape index (κ3) is 3.04. The lowest BCUT2D eigenvalue weighted by Crippen LogP contribution is -2.45. The van der Waals surface area contributed by atoms with Crippen LogP contribution in [-0.2, 0) is 11.8 Å². The van der Waals surface area contributed by atoms with Crippen molar-refractivity contribution in [2.24, 2.45) is 7.05 Å². The van der Waals surface area contributed by atoms with Gasteiger partial charge in [0.25, 0.3) is 5.91 Å². The van der Waals surface area contributed by atoms with Crippen LogP contribution in [0.5, 0.6) is 0 Å². The van der Waals surface area contributed by atoms with Gasteiger partial charge < -0.3 is 15.2 Å². The van der Waals surface area contributed by atoms with Crippen LogP contribution >= 0.6 is 23.2 Å². The van der Waals surface area contributed by atoms with Crippen molar-refractivity contribution >= 4 is 35.0 Å². The van der Waals surface area contributed by atoms with Crippen molar-refractivity contribution in [2.75, 3.05) is 6.54 Å². The standard InChI is InChI=1S/C12H15Cl2N3O2/c1-17-9(6-7(13)10(17)14)12(19)16-8-4-2-3-5-15-11(8)18/h6,8H,2-5H2,1H3,(H,15,18)(H,16,19). The molecule has 0 radical (unpaired) electrons. The molecule has 1 aromatic heterocycles. The van der Waals surface area contributed by atoms with Crippen LogP contribution in [0.3, 0.4) is 0 Å². The van der Waals surface area contributed by atoms with Crippen LogP contribution in [0.25, 0.3) is 0 Å². The molecule has 1 unspecified atom stereocenters. The van der Waals surface area contributed by atoms with E-state index in [2.05, 4.69) is 10.6 Å². The van der Waals surface area contributed by atoms with Gasteiger partial charge in [-0.05, 0) is 25.3 Å². The van der Waals surface area contributed by atoms with Crippen LogP contribution in [0.2, 0.25) is 10.2 Å². The maximum absolute atomic E-state index is 12.1. The molecule has 2 rings (SSSR count). The second-order valence-corrected chi connectivity index (χ2v) is 5.31. The molecule has 0 aliphatic carbocycles. The second kappa shape index (κ2) is 5.84. The lowest BCUT2D eigenvalue weighted by Gasteiger charge is -2.15. The first-order valence-corrected chi connectivity index (χ1v) is 6.85. The van der Waals surface area contributed by atoms with Gasteiger partial charge in [0.15, 0.2) is 0 Å². The van der Waals surface area contributed by atoms with Crippen LogP contribution in [0.4, 0.5) is 0 Å². The minimum Gasteiger partial charge on any atom is -0.354 e. The fraction of sp³-hybridized carbons (Fsp3) is 0.500. The third-order valence-corrected chi connectivity index (χ3v) is 4.03. The molecule has 1 saturated heterocycles. The molecule has 1 atom stereocenters. The Bertz CT molecular complexity index is 513. The van der Waals surface area contributed by atoms with E-state index in [0.29, 0.717) is 28.8 Å². The predicted octanol–water partition coefficient (Wildman–Crippen LogP) is 1.73. The van der Waals surface area contributed by atoms with Gasteiger partial charge in [-0.2, -0.15) is 0 Å². The van der Waals surface area contributed by atoms with Crippen LogP contribution in [0, 0.1) is 0 Å². The molecule has 1 aliphatic heterocycles. The molecule has 5 nitrogen and oxygen atoms in total. The average molecular weight is 304 g/mol. The molecule has 0 saturated carbocycles. The number of nitrogens with zero attached hydrogens (tertiary/aromatic N) is 1. The van der Waals surface area contributed by atoms with E-state index < -0.39 is 6.04 Å². The van der Waals surface area contributed by atoms with Crippen LogP contribution in [0.15, 0.2) is 6.07 Å². The fourth-order valence-electron chi connectivity index (χ4n) is 2.07. The molecule has 0 spiro atoms. The Hall–Kier alpha value is -1.20. The van der Waals surface area contributed by atoms with Gasteiger partial charge in [-0.1, -0.05) is 23.2 Å². The highest BCUT2D eigenvalue weighted by Crippen LogP contribution is 2.25. The Morgan fingerprint density at radius 2 is 2.21 bits per heavy atom. The van der Waals surface area contributed by atoms with E-state index in [4.69, 9.17) is 23.2 Å². The third-order valence-electron chi connectivity index (χ3n) is 3.19. The number of hydrogen-bond acceptors (Lipinski definition) is 2. The molecule has 104 valence electrons. The van der Waals surface area contributed by atoms with Gasteiger partial charge in [-0.25, -0.2) is 0 Å². The highest BCUT2D eigenvalue weighted by Gasteiger charge is 2.24. The molecule has 1 aromatic rings. The van der Waals surface area contributed by atoms with E-state index in [-0.39, 0.29) is 11.8 Å². The Morgan fingerprint density at radius 1 is 1.47 bits per heavy atom. The topological polar surface area (TPSA) is 63.1 Å². The summed E-state index contributed by atoms with van der Waals surface area (Å²) in [6.07, 6.45) is 2.47. The van der Waals surface area contributed by atoms with Crippen LogP contribution in [0.1, 0.15) is 29.8 Å². The minimum absolute atomic E-state index is 0.141. The quantitative estimate of drug-likeness (QED) is 0.874. The van der Waals surface area contributed by atoms with Crippen molar-refractivity contribution in [1.82, 2.24) is 15.2 Å². The fourth-order valence-corrected chi connectivity index (χ4v) is 2.45. The largest absolute Gasteiger partial charge is 0.354 e. The lowest BCUT2D eigenvalue weighted by atomic mass is 10.1. The Kier molecular flexibility index (Phi) is 4.37. The molecule has 1 aliphatic rings. The smallest absolute Gasteiger partial charge is 0.268 e. The number of carbonyl (C=O) groups excluding carboxylic acids is 2. The molecule has 0 aromatic carbocycles. The molecule has 2 N–H and O–H groups in total. The Balaban J connectivity index is 2.11. The highest BCUT2D eigenvalue weighted by molar-refractivity contribution is 6.41. The zero-order valence-corrected chi connectivity index (χ0v) is 12.0. The number of carbonyl (C=O) groups is 2. The van der Waals surface area contributed by atoms with E-state index in [1.54, 1.807) is 7.05 Å². The summed E-state index contributed by atoms with van der Waals surface area (Å²) in [5.41, 5.74) is 0.340. The number of hydrogen-bond donors (Lipinski definition) is 2. The van der Waals surface area contributed by atoms with E-state index >= 15 is 0 Å². The number of rotatable bonds is 2. The molecule has 0 bridgehead atoms. The van der Waals surface area contributed by atoms with E-state index in [1.165, 1.54) is 10.6 Å². The van der Waals surface area contributed by atoms with Gasteiger partial charge in [-0.3, -0.25) is 9.59 Å². The van der Waals surface area contributed by atoms with Crippen LogP contribution < -0.4 is 10.6 Å². The molecule has 7 heteroatoms. The molecule has 19 heavy (non-hydrogen) atoms. The Morgan fingerprint density at radius 3 is 2.84 bits per heavy atom. The minimum atomic E-state index is -0.498. The zero-order chi connectivity index (χ0) is 14.0. The van der Waals surface area contributed by atoms with Crippen molar-refractivity contribution in [3.63, 3.8) is 0 Å². The number of amides is 2. The summed E-state index contributed by atoms with van der Waals surface area (Å²) in [7, 11) is 1.65. The number of aromatic nitrogens is 1. The molecular formula is C12H15Cl2N3O2. The van der Waals surface area contributed by atoms with Gasteiger partial charge in [-0.15, -0.1) is 0 Å². The van der Waals surface area contributed by atoms with E-state index in [9.17, 15) is 9.59 Å². The molecular weight excluding hydrogens is 289 g/mol. The monoisotopic (exact) mass is 303 g/mol. The maximum Gasteiger partial charge on any atom is 0.268 e. The van der Waals surface area contributed by atoms with E-state index in [0.717, 1.165) is 12.8 Å². The van der Waals surface area contributed by atoms with Crippen LogP contribution in [-0.4, -0.2) is 29.0 Å². The average Bonchev–Trinajstić information content (AvgIpc) is 2.56. The normalized spacial score (nSPS) is 19.7. The molecule has 2 amide bonds. The summed E-state index contributed by atoms with van der Waals surface area (Å²) in [4.78, 5) is 23.9. The Labute approximate surface area is 121 Å². The summed E-state index contributed by atoms with van der Waals surface area (Å²) in [5, 5.41) is 6.11.